The number of nitrogens with one attached hydrogen (secondary N) is 1. The van der Waals surface area contributed by atoms with Crippen LogP contribution in [0.1, 0.15) is 18.9 Å². The summed E-state index contributed by atoms with van der Waals surface area (Å²) < 4.78 is 14.2. The molecule has 0 unspecified atom stereocenters. The van der Waals surface area contributed by atoms with Crippen LogP contribution in [0.5, 0.6) is 0 Å². The van der Waals surface area contributed by atoms with E-state index in [2.05, 4.69) is 22.2 Å². The van der Waals surface area contributed by atoms with Crippen molar-refractivity contribution in [3.05, 3.63) is 24.8 Å². The van der Waals surface area contributed by atoms with Crippen molar-refractivity contribution in [1.29, 1.82) is 0 Å². The van der Waals surface area contributed by atoms with E-state index in [1.165, 1.54) is 0 Å². The van der Waals surface area contributed by atoms with Crippen molar-refractivity contribution in [3.63, 3.8) is 0 Å². The standard InChI is InChI=1S/C10H13FN4O/c1-7(11)10(16)12-6-8-4-9(5-8)15-3-2-13-14-15/h2-3,8-9H,1,4-6H2,(H,12,16). The number of carbonyl (C=O) groups excluding carboxylic acids is 1. The van der Waals surface area contributed by atoms with Crippen molar-refractivity contribution in [2.24, 2.45) is 5.92 Å². The normalized spacial score (nSPS) is 23.6. The zero-order chi connectivity index (χ0) is 11.5. The van der Waals surface area contributed by atoms with Gasteiger partial charge in [0.05, 0.1) is 12.2 Å². The van der Waals surface area contributed by atoms with E-state index in [4.69, 9.17) is 0 Å². The number of halogens is 1. The lowest BCUT2D eigenvalue weighted by Gasteiger charge is -2.34. The fourth-order valence-electron chi connectivity index (χ4n) is 1.83. The molecule has 0 atom stereocenters. The van der Waals surface area contributed by atoms with Gasteiger partial charge in [-0.25, -0.2) is 9.07 Å². The average Bonchev–Trinajstić information content (AvgIpc) is 2.67. The van der Waals surface area contributed by atoms with Gasteiger partial charge in [-0.1, -0.05) is 11.8 Å². The van der Waals surface area contributed by atoms with Crippen LogP contribution in [0, 0.1) is 5.92 Å². The van der Waals surface area contributed by atoms with Gasteiger partial charge in [-0.2, -0.15) is 0 Å². The molecule has 0 saturated heterocycles. The molecule has 6 heteroatoms. The van der Waals surface area contributed by atoms with Gasteiger partial charge in [-0.15, -0.1) is 5.10 Å². The van der Waals surface area contributed by atoms with Crippen molar-refractivity contribution >= 4 is 5.91 Å². The monoisotopic (exact) mass is 224 g/mol. The highest BCUT2D eigenvalue weighted by atomic mass is 19.1. The molecule has 1 aromatic rings. The Hall–Kier alpha value is -1.72. The average molecular weight is 224 g/mol. The maximum atomic E-state index is 12.3. The lowest BCUT2D eigenvalue weighted by molar-refractivity contribution is -0.119. The summed E-state index contributed by atoms with van der Waals surface area (Å²) in [4.78, 5) is 10.9. The third kappa shape index (κ3) is 2.26. The smallest absolute Gasteiger partial charge is 0.279 e. The number of amides is 1. The topological polar surface area (TPSA) is 59.8 Å². The Labute approximate surface area is 92.3 Å². The van der Waals surface area contributed by atoms with Gasteiger partial charge in [0, 0.05) is 12.7 Å². The third-order valence-electron chi connectivity index (χ3n) is 2.82. The van der Waals surface area contributed by atoms with Crippen molar-refractivity contribution in [2.45, 2.75) is 18.9 Å². The van der Waals surface area contributed by atoms with E-state index in [0.29, 0.717) is 18.5 Å². The Kier molecular flexibility index (Phi) is 2.98. The summed E-state index contributed by atoms with van der Waals surface area (Å²) in [5.41, 5.74) is 0. The van der Waals surface area contributed by atoms with Gasteiger partial charge in [0.2, 0.25) is 0 Å². The molecule has 1 saturated carbocycles. The van der Waals surface area contributed by atoms with E-state index >= 15 is 0 Å². The number of rotatable bonds is 4. The minimum atomic E-state index is -0.938. The molecule has 0 radical (unpaired) electrons. The first-order valence-corrected chi connectivity index (χ1v) is 5.15. The molecule has 0 spiro atoms. The SMILES string of the molecule is C=C(F)C(=O)NCC1CC(n2ccnn2)C1. The molecule has 1 fully saturated rings. The van der Waals surface area contributed by atoms with Gasteiger partial charge in [0.25, 0.3) is 5.91 Å². The molecule has 0 aromatic carbocycles. The second kappa shape index (κ2) is 4.42. The molecule has 1 aliphatic carbocycles. The quantitative estimate of drug-likeness (QED) is 0.770. The van der Waals surface area contributed by atoms with Crippen molar-refractivity contribution < 1.29 is 9.18 Å². The van der Waals surface area contributed by atoms with Crippen LogP contribution in [0.15, 0.2) is 24.8 Å². The van der Waals surface area contributed by atoms with Crippen molar-refractivity contribution in [1.82, 2.24) is 20.3 Å². The van der Waals surface area contributed by atoms with Crippen LogP contribution in [-0.2, 0) is 4.79 Å². The highest BCUT2D eigenvalue weighted by Crippen LogP contribution is 2.36. The molecule has 0 bridgehead atoms. The first-order chi connectivity index (χ1) is 7.66. The Morgan fingerprint density at radius 1 is 1.62 bits per heavy atom. The minimum Gasteiger partial charge on any atom is -0.350 e. The molecule has 1 N–H and O–H groups in total. The summed E-state index contributed by atoms with van der Waals surface area (Å²) in [6.07, 6.45) is 5.33. The minimum absolute atomic E-state index is 0.359. The Balaban J connectivity index is 1.69. The van der Waals surface area contributed by atoms with Crippen LogP contribution in [0.2, 0.25) is 0 Å². The summed E-state index contributed by atoms with van der Waals surface area (Å²) in [6.45, 7) is 3.42. The van der Waals surface area contributed by atoms with Gasteiger partial charge in [-0.05, 0) is 18.8 Å². The summed E-state index contributed by atoms with van der Waals surface area (Å²) in [6, 6.07) is 0.359. The van der Waals surface area contributed by atoms with Gasteiger partial charge in [0.1, 0.15) is 0 Å². The predicted molar refractivity (Wildman–Crippen MR) is 55.0 cm³/mol. The molecule has 1 aliphatic rings. The van der Waals surface area contributed by atoms with Crippen LogP contribution in [-0.4, -0.2) is 27.4 Å². The van der Waals surface area contributed by atoms with Crippen molar-refractivity contribution in [3.8, 4) is 0 Å². The lowest BCUT2D eigenvalue weighted by Crippen LogP contribution is -2.37. The van der Waals surface area contributed by atoms with Crippen LogP contribution >= 0.6 is 0 Å². The summed E-state index contributed by atoms with van der Waals surface area (Å²) in [7, 11) is 0. The van der Waals surface area contributed by atoms with E-state index in [1.54, 1.807) is 6.20 Å². The second-order valence-electron chi connectivity index (χ2n) is 3.99. The predicted octanol–water partition coefficient (Wildman–Crippen LogP) is 0.829. The van der Waals surface area contributed by atoms with Gasteiger partial charge in [0.15, 0.2) is 5.83 Å². The highest BCUT2D eigenvalue weighted by molar-refractivity contribution is 5.90. The summed E-state index contributed by atoms with van der Waals surface area (Å²) in [5.74, 6) is -1.27. The fraction of sp³-hybridized carbons (Fsp3) is 0.500. The summed E-state index contributed by atoms with van der Waals surface area (Å²) >= 11 is 0. The molecular formula is C10H13FN4O. The van der Waals surface area contributed by atoms with E-state index in [1.807, 2.05) is 10.9 Å². The van der Waals surface area contributed by atoms with Gasteiger partial charge >= 0.3 is 0 Å². The van der Waals surface area contributed by atoms with Crippen molar-refractivity contribution in [2.75, 3.05) is 6.54 Å². The first kappa shape index (κ1) is 10.8. The van der Waals surface area contributed by atoms with Gasteiger partial charge in [-0.3, -0.25) is 4.79 Å². The first-order valence-electron chi connectivity index (χ1n) is 5.15. The number of aromatic nitrogens is 3. The molecule has 2 rings (SSSR count). The molecule has 0 aliphatic heterocycles. The zero-order valence-electron chi connectivity index (χ0n) is 8.77. The lowest BCUT2D eigenvalue weighted by atomic mass is 9.80. The maximum absolute atomic E-state index is 12.3. The second-order valence-corrected chi connectivity index (χ2v) is 3.99. The molecule has 1 amide bonds. The van der Waals surface area contributed by atoms with E-state index in [-0.39, 0.29) is 0 Å². The largest absolute Gasteiger partial charge is 0.350 e. The Bertz CT molecular complexity index is 384. The number of hydrogen-bond acceptors (Lipinski definition) is 3. The number of carbonyl (C=O) groups is 1. The Morgan fingerprint density at radius 2 is 2.38 bits per heavy atom. The maximum Gasteiger partial charge on any atom is 0.279 e. The van der Waals surface area contributed by atoms with Crippen LogP contribution < -0.4 is 5.32 Å². The highest BCUT2D eigenvalue weighted by Gasteiger charge is 2.31. The Morgan fingerprint density at radius 3 is 2.94 bits per heavy atom. The summed E-state index contributed by atoms with van der Waals surface area (Å²) in [5, 5.41) is 10.1. The van der Waals surface area contributed by atoms with Gasteiger partial charge < -0.3 is 5.32 Å². The van der Waals surface area contributed by atoms with Crippen LogP contribution in [0.25, 0.3) is 0 Å². The molecule has 16 heavy (non-hydrogen) atoms. The van der Waals surface area contributed by atoms with E-state index < -0.39 is 11.7 Å². The third-order valence-corrected chi connectivity index (χ3v) is 2.82. The molecule has 86 valence electrons. The molecular weight excluding hydrogens is 211 g/mol. The number of hydrogen-bond donors (Lipinski definition) is 1. The fourth-order valence-corrected chi connectivity index (χ4v) is 1.83. The van der Waals surface area contributed by atoms with Crippen LogP contribution in [0.4, 0.5) is 4.39 Å². The van der Waals surface area contributed by atoms with Crippen LogP contribution in [0.3, 0.4) is 0 Å². The molecule has 1 heterocycles. The molecule has 1 aromatic heterocycles. The number of nitrogens with zero attached hydrogens (tertiary/aromatic N) is 3. The zero-order valence-corrected chi connectivity index (χ0v) is 8.77. The van der Waals surface area contributed by atoms with E-state index in [9.17, 15) is 9.18 Å². The molecule has 5 nitrogen and oxygen atoms in total. The van der Waals surface area contributed by atoms with E-state index in [0.717, 1.165) is 12.8 Å².